The van der Waals surface area contributed by atoms with Gasteiger partial charge < -0.3 is 20.7 Å². The molecule has 2 aromatic carbocycles. The van der Waals surface area contributed by atoms with E-state index in [-0.39, 0.29) is 18.4 Å². The van der Waals surface area contributed by atoms with Crippen molar-refractivity contribution in [2.75, 3.05) is 30.3 Å². The molecule has 0 spiro atoms. The van der Waals surface area contributed by atoms with E-state index in [2.05, 4.69) is 29.8 Å². The number of benzene rings is 2. The molecule has 2 aromatic rings. The summed E-state index contributed by atoms with van der Waals surface area (Å²) < 4.78 is 5.77. The number of amides is 2. The first-order valence-corrected chi connectivity index (χ1v) is 11.8. The van der Waals surface area contributed by atoms with Crippen molar-refractivity contribution >= 4 is 23.2 Å². The van der Waals surface area contributed by atoms with Gasteiger partial charge in [0.25, 0.3) is 5.91 Å². The maximum Gasteiger partial charge on any atom is 0.251 e. The van der Waals surface area contributed by atoms with Crippen LogP contribution in [0.4, 0.5) is 11.4 Å². The zero-order valence-corrected chi connectivity index (χ0v) is 19.4. The Labute approximate surface area is 192 Å². The van der Waals surface area contributed by atoms with Crippen LogP contribution in [0.1, 0.15) is 69.2 Å². The number of hydrogen-bond donors (Lipinski definition) is 3. The molecule has 0 saturated carbocycles. The first-order valence-electron chi connectivity index (χ1n) is 11.8. The summed E-state index contributed by atoms with van der Waals surface area (Å²) in [4.78, 5) is 24.5. The van der Waals surface area contributed by atoms with Gasteiger partial charge in [-0.3, -0.25) is 9.59 Å². The standard InChI is InChI=1S/C26H37N3O3/c1-3-5-7-8-9-18-32-24-15-13-22(14-16-24)28-20-25(30)29-23-12-10-11-21(19-23)26(31)27-17-6-4-2/h10-16,19,28H,3-9,17-18,20H2,1-2H3,(H,27,31)(H,29,30). The molecule has 0 unspecified atom stereocenters. The van der Waals surface area contributed by atoms with E-state index in [1.54, 1.807) is 24.3 Å². The third kappa shape index (κ3) is 9.86. The third-order valence-electron chi connectivity index (χ3n) is 5.05. The molecule has 0 heterocycles. The van der Waals surface area contributed by atoms with Gasteiger partial charge in [-0.1, -0.05) is 52.0 Å². The Morgan fingerprint density at radius 2 is 1.59 bits per heavy atom. The van der Waals surface area contributed by atoms with Crippen LogP contribution >= 0.6 is 0 Å². The number of carbonyl (C=O) groups excluding carboxylic acids is 2. The molecule has 174 valence electrons. The lowest BCUT2D eigenvalue weighted by atomic mass is 10.2. The molecule has 0 radical (unpaired) electrons. The van der Waals surface area contributed by atoms with Crippen molar-refractivity contribution in [3.63, 3.8) is 0 Å². The number of hydrogen-bond acceptors (Lipinski definition) is 4. The zero-order valence-electron chi connectivity index (χ0n) is 19.4. The fraction of sp³-hybridized carbons (Fsp3) is 0.462. The first kappa shape index (κ1) is 25.2. The molecule has 0 aliphatic heterocycles. The van der Waals surface area contributed by atoms with Gasteiger partial charge >= 0.3 is 0 Å². The Morgan fingerprint density at radius 3 is 2.34 bits per heavy atom. The fourth-order valence-electron chi connectivity index (χ4n) is 3.17. The lowest BCUT2D eigenvalue weighted by molar-refractivity contribution is -0.114. The second kappa shape index (κ2) is 14.9. The van der Waals surface area contributed by atoms with Crippen LogP contribution in [0.15, 0.2) is 48.5 Å². The van der Waals surface area contributed by atoms with Crippen LogP contribution in [0.2, 0.25) is 0 Å². The van der Waals surface area contributed by atoms with E-state index in [4.69, 9.17) is 4.74 Å². The minimum Gasteiger partial charge on any atom is -0.494 e. The predicted molar refractivity (Wildman–Crippen MR) is 131 cm³/mol. The van der Waals surface area contributed by atoms with Gasteiger partial charge in [-0.25, -0.2) is 0 Å². The molecular formula is C26H37N3O3. The van der Waals surface area contributed by atoms with E-state index in [1.165, 1.54) is 25.7 Å². The van der Waals surface area contributed by atoms with Crippen molar-refractivity contribution in [1.29, 1.82) is 0 Å². The van der Waals surface area contributed by atoms with Crippen LogP contribution in [0, 0.1) is 0 Å². The normalized spacial score (nSPS) is 10.4. The smallest absolute Gasteiger partial charge is 0.251 e. The Hall–Kier alpha value is -3.02. The summed E-state index contributed by atoms with van der Waals surface area (Å²) in [6.07, 6.45) is 8.04. The Kier molecular flexibility index (Phi) is 11.7. The number of unbranched alkanes of at least 4 members (excludes halogenated alkanes) is 5. The van der Waals surface area contributed by atoms with Gasteiger partial charge in [0, 0.05) is 23.5 Å². The van der Waals surface area contributed by atoms with Crippen LogP contribution < -0.4 is 20.7 Å². The summed E-state index contributed by atoms with van der Waals surface area (Å²) in [5.41, 5.74) is 1.98. The molecule has 0 bridgehead atoms. The van der Waals surface area contributed by atoms with Gasteiger partial charge in [-0.05, 0) is 55.3 Å². The van der Waals surface area contributed by atoms with Gasteiger partial charge in [0.05, 0.1) is 13.2 Å². The molecular weight excluding hydrogens is 402 g/mol. The quantitative estimate of drug-likeness (QED) is 0.315. The van der Waals surface area contributed by atoms with Crippen LogP contribution in [0.25, 0.3) is 0 Å². The fourth-order valence-corrected chi connectivity index (χ4v) is 3.17. The molecule has 0 saturated heterocycles. The highest BCUT2D eigenvalue weighted by Gasteiger charge is 2.08. The highest BCUT2D eigenvalue weighted by Crippen LogP contribution is 2.16. The molecule has 2 rings (SSSR count). The zero-order chi connectivity index (χ0) is 23.0. The predicted octanol–water partition coefficient (Wildman–Crippen LogP) is 5.62. The van der Waals surface area contributed by atoms with E-state index < -0.39 is 0 Å². The molecule has 0 fully saturated rings. The van der Waals surface area contributed by atoms with Gasteiger partial charge in [-0.2, -0.15) is 0 Å². The minimum absolute atomic E-state index is 0.129. The monoisotopic (exact) mass is 439 g/mol. The Bertz CT molecular complexity index is 821. The maximum absolute atomic E-state index is 12.3. The van der Waals surface area contributed by atoms with Gasteiger partial charge in [0.15, 0.2) is 0 Å². The van der Waals surface area contributed by atoms with Crippen molar-refractivity contribution in [2.45, 2.75) is 58.8 Å². The summed E-state index contributed by atoms with van der Waals surface area (Å²) >= 11 is 0. The number of anilines is 2. The Morgan fingerprint density at radius 1 is 0.844 bits per heavy atom. The highest BCUT2D eigenvalue weighted by molar-refractivity contribution is 5.98. The average molecular weight is 440 g/mol. The lowest BCUT2D eigenvalue weighted by Crippen LogP contribution is -2.25. The van der Waals surface area contributed by atoms with Crippen LogP contribution in [0.5, 0.6) is 5.75 Å². The van der Waals surface area contributed by atoms with E-state index >= 15 is 0 Å². The number of nitrogens with one attached hydrogen (secondary N) is 3. The molecule has 6 heteroatoms. The van der Waals surface area contributed by atoms with E-state index in [0.29, 0.717) is 17.8 Å². The highest BCUT2D eigenvalue weighted by atomic mass is 16.5. The average Bonchev–Trinajstić information content (AvgIpc) is 2.81. The first-order chi connectivity index (χ1) is 15.6. The molecule has 32 heavy (non-hydrogen) atoms. The summed E-state index contributed by atoms with van der Waals surface area (Å²) in [5.74, 6) is 0.529. The van der Waals surface area contributed by atoms with E-state index in [9.17, 15) is 9.59 Å². The number of ether oxygens (including phenoxy) is 1. The van der Waals surface area contributed by atoms with Gasteiger partial charge in [-0.15, -0.1) is 0 Å². The van der Waals surface area contributed by atoms with Crippen molar-refractivity contribution in [1.82, 2.24) is 5.32 Å². The van der Waals surface area contributed by atoms with Gasteiger partial charge in [0.2, 0.25) is 5.91 Å². The van der Waals surface area contributed by atoms with Crippen LogP contribution in [0.3, 0.4) is 0 Å². The van der Waals surface area contributed by atoms with Crippen molar-refractivity contribution in [2.24, 2.45) is 0 Å². The van der Waals surface area contributed by atoms with Crippen LogP contribution in [-0.2, 0) is 4.79 Å². The molecule has 2 amide bonds. The lowest BCUT2D eigenvalue weighted by Gasteiger charge is -2.10. The summed E-state index contributed by atoms with van der Waals surface area (Å²) in [6.45, 7) is 5.80. The van der Waals surface area contributed by atoms with Crippen molar-refractivity contribution in [3.05, 3.63) is 54.1 Å². The second-order valence-corrected chi connectivity index (χ2v) is 7.88. The number of rotatable bonds is 15. The third-order valence-corrected chi connectivity index (χ3v) is 5.05. The maximum atomic E-state index is 12.3. The number of carbonyl (C=O) groups is 2. The molecule has 0 atom stereocenters. The topological polar surface area (TPSA) is 79.5 Å². The van der Waals surface area contributed by atoms with Gasteiger partial charge in [0.1, 0.15) is 5.75 Å². The largest absolute Gasteiger partial charge is 0.494 e. The SMILES string of the molecule is CCCCCCCOc1ccc(NCC(=O)Nc2cccc(C(=O)NCCCC)c2)cc1. The summed E-state index contributed by atoms with van der Waals surface area (Å²) in [5, 5.41) is 8.82. The summed E-state index contributed by atoms with van der Waals surface area (Å²) in [7, 11) is 0. The summed E-state index contributed by atoms with van der Waals surface area (Å²) in [6, 6.07) is 14.6. The molecule has 3 N–H and O–H groups in total. The molecule has 0 aromatic heterocycles. The van der Waals surface area contributed by atoms with Crippen LogP contribution in [-0.4, -0.2) is 31.5 Å². The Balaban J connectivity index is 1.72. The molecule has 0 aliphatic rings. The van der Waals surface area contributed by atoms with Crippen molar-refractivity contribution in [3.8, 4) is 5.75 Å². The van der Waals surface area contributed by atoms with E-state index in [1.807, 2.05) is 24.3 Å². The second-order valence-electron chi connectivity index (χ2n) is 7.88. The molecule has 6 nitrogen and oxygen atoms in total. The van der Waals surface area contributed by atoms with E-state index in [0.717, 1.165) is 37.3 Å². The van der Waals surface area contributed by atoms with Crippen molar-refractivity contribution < 1.29 is 14.3 Å². The molecule has 0 aliphatic carbocycles. The minimum atomic E-state index is -0.180.